The first-order valence-electron chi connectivity index (χ1n) is 8.74. The number of ether oxygens (including phenoxy) is 1. The molecule has 0 bridgehead atoms. The van der Waals surface area contributed by atoms with E-state index in [1.807, 2.05) is 0 Å². The molecule has 152 valence electrons. The second kappa shape index (κ2) is 8.10. The molecule has 0 aliphatic heterocycles. The average molecular weight is 416 g/mol. The lowest BCUT2D eigenvalue weighted by Gasteiger charge is -2.36. The van der Waals surface area contributed by atoms with Crippen LogP contribution < -0.4 is 9.74 Å². The minimum absolute atomic E-state index is 0.00311. The summed E-state index contributed by atoms with van der Waals surface area (Å²) in [5.74, 6) is -0.705. The van der Waals surface area contributed by atoms with Crippen LogP contribution in [0.3, 0.4) is 0 Å². The maximum absolute atomic E-state index is 11.9. The lowest BCUT2D eigenvalue weighted by atomic mass is 10.1. The number of hydrogen-bond acceptors (Lipinski definition) is 4. The highest BCUT2D eigenvalue weighted by molar-refractivity contribution is 6.74. The van der Waals surface area contributed by atoms with E-state index in [-0.39, 0.29) is 5.04 Å². The van der Waals surface area contributed by atoms with Gasteiger partial charge in [0.15, 0.2) is 6.04 Å². The number of carbonyl (C=O) groups is 2. The van der Waals surface area contributed by atoms with Gasteiger partial charge in [0.1, 0.15) is 11.4 Å². The van der Waals surface area contributed by atoms with Crippen molar-refractivity contribution in [3.63, 3.8) is 0 Å². The van der Waals surface area contributed by atoms with E-state index >= 15 is 0 Å². The Morgan fingerprint density at radius 1 is 1.15 bits per heavy atom. The first-order chi connectivity index (χ1) is 12.0. The molecule has 1 aromatic rings. The quantitative estimate of drug-likeness (QED) is 0.631. The molecule has 0 saturated carbocycles. The van der Waals surface area contributed by atoms with Crippen LogP contribution in [0.2, 0.25) is 23.2 Å². The highest BCUT2D eigenvalue weighted by Crippen LogP contribution is 2.39. The summed E-state index contributed by atoms with van der Waals surface area (Å²) in [7, 11) is -2.09. The number of rotatable bonds is 5. The van der Waals surface area contributed by atoms with Gasteiger partial charge < -0.3 is 19.6 Å². The van der Waals surface area contributed by atoms with Gasteiger partial charge in [-0.2, -0.15) is 0 Å². The molecule has 0 unspecified atom stereocenters. The van der Waals surface area contributed by atoms with Crippen LogP contribution in [-0.4, -0.2) is 31.1 Å². The number of nitrogens with one attached hydrogen (secondary N) is 1. The van der Waals surface area contributed by atoms with E-state index in [0.717, 1.165) is 0 Å². The molecular formula is C19H30ClNO5Si. The minimum Gasteiger partial charge on any atom is -0.543 e. The fourth-order valence-electron chi connectivity index (χ4n) is 1.92. The van der Waals surface area contributed by atoms with Crippen molar-refractivity contribution in [1.29, 1.82) is 0 Å². The second-order valence-electron chi connectivity index (χ2n) is 8.97. The summed E-state index contributed by atoms with van der Waals surface area (Å²) in [6.07, 6.45) is -0.812. The van der Waals surface area contributed by atoms with Crippen LogP contribution in [-0.2, 0) is 9.53 Å². The van der Waals surface area contributed by atoms with Crippen molar-refractivity contribution in [1.82, 2.24) is 5.32 Å². The molecule has 0 aliphatic rings. The van der Waals surface area contributed by atoms with Crippen LogP contribution in [0, 0.1) is 0 Å². The van der Waals surface area contributed by atoms with Crippen LogP contribution in [0.4, 0.5) is 4.79 Å². The molecule has 1 atom stereocenters. The van der Waals surface area contributed by atoms with Gasteiger partial charge in [0.25, 0.3) is 8.32 Å². The topological polar surface area (TPSA) is 84.9 Å². The molecule has 0 spiro atoms. The van der Waals surface area contributed by atoms with Gasteiger partial charge in [-0.1, -0.05) is 38.4 Å². The molecule has 0 aliphatic carbocycles. The Kier molecular flexibility index (Phi) is 6.99. The van der Waals surface area contributed by atoms with Crippen molar-refractivity contribution >= 4 is 32.0 Å². The summed E-state index contributed by atoms with van der Waals surface area (Å²) >= 11 is 6.34. The molecule has 2 N–H and O–H groups in total. The first-order valence-corrected chi connectivity index (χ1v) is 12.0. The summed E-state index contributed by atoms with van der Waals surface area (Å²) in [4.78, 5) is 23.6. The summed E-state index contributed by atoms with van der Waals surface area (Å²) < 4.78 is 11.3. The van der Waals surface area contributed by atoms with E-state index in [2.05, 4.69) is 39.2 Å². The number of hydrogen-bond donors (Lipinski definition) is 2. The fraction of sp³-hybridized carbons (Fsp3) is 0.579. The van der Waals surface area contributed by atoms with Gasteiger partial charge in [-0.15, -0.1) is 0 Å². The van der Waals surface area contributed by atoms with Gasteiger partial charge in [-0.05, 0) is 56.6 Å². The summed E-state index contributed by atoms with van der Waals surface area (Å²) in [6.45, 7) is 15.7. The summed E-state index contributed by atoms with van der Waals surface area (Å²) in [5, 5.41) is 12.1. The average Bonchev–Trinajstić information content (AvgIpc) is 2.43. The third-order valence-electron chi connectivity index (χ3n) is 4.37. The van der Waals surface area contributed by atoms with Gasteiger partial charge >= 0.3 is 12.1 Å². The lowest BCUT2D eigenvalue weighted by molar-refractivity contribution is -0.139. The number of carboxylic acids is 1. The van der Waals surface area contributed by atoms with E-state index in [1.165, 1.54) is 6.07 Å². The number of benzene rings is 1. The lowest BCUT2D eigenvalue weighted by Crippen LogP contribution is -2.44. The predicted molar refractivity (Wildman–Crippen MR) is 109 cm³/mol. The van der Waals surface area contributed by atoms with Crippen molar-refractivity contribution in [2.45, 2.75) is 71.3 Å². The van der Waals surface area contributed by atoms with Gasteiger partial charge in [-0.3, -0.25) is 0 Å². The zero-order chi connectivity index (χ0) is 21.2. The van der Waals surface area contributed by atoms with Crippen molar-refractivity contribution in [2.24, 2.45) is 0 Å². The first kappa shape index (κ1) is 23.3. The van der Waals surface area contributed by atoms with E-state index < -0.39 is 32.0 Å². The van der Waals surface area contributed by atoms with Crippen molar-refractivity contribution in [2.75, 3.05) is 0 Å². The molecule has 0 saturated heterocycles. The van der Waals surface area contributed by atoms with Crippen molar-refractivity contribution < 1.29 is 23.9 Å². The number of alkyl carbamates (subject to hydrolysis) is 1. The van der Waals surface area contributed by atoms with Gasteiger partial charge in [0.05, 0.1) is 5.02 Å². The number of halogens is 1. The monoisotopic (exact) mass is 415 g/mol. The van der Waals surface area contributed by atoms with E-state index in [4.69, 9.17) is 20.8 Å². The Morgan fingerprint density at radius 3 is 2.11 bits per heavy atom. The summed E-state index contributed by atoms with van der Waals surface area (Å²) in [6, 6.07) is 3.45. The maximum Gasteiger partial charge on any atom is 0.408 e. The Labute approximate surface area is 167 Å². The third kappa shape index (κ3) is 6.73. The highest BCUT2D eigenvalue weighted by Gasteiger charge is 2.39. The number of amides is 1. The van der Waals surface area contributed by atoms with Crippen LogP contribution >= 0.6 is 11.6 Å². The zero-order valence-corrected chi connectivity index (χ0v) is 19.0. The van der Waals surface area contributed by atoms with Crippen molar-refractivity contribution in [3.05, 3.63) is 28.8 Å². The molecule has 1 aromatic carbocycles. The minimum atomic E-state index is -2.09. The van der Waals surface area contributed by atoms with Crippen LogP contribution in [0.5, 0.6) is 5.75 Å². The third-order valence-corrected chi connectivity index (χ3v) is 9.01. The number of aliphatic carboxylic acids is 1. The van der Waals surface area contributed by atoms with Crippen LogP contribution in [0.25, 0.3) is 0 Å². The van der Waals surface area contributed by atoms with E-state index in [0.29, 0.717) is 16.3 Å². The van der Waals surface area contributed by atoms with E-state index in [1.54, 1.807) is 32.9 Å². The van der Waals surface area contributed by atoms with E-state index in [9.17, 15) is 14.7 Å². The fourth-order valence-corrected chi connectivity index (χ4v) is 3.25. The molecule has 0 fully saturated rings. The SMILES string of the molecule is CC(C)(C)OC(=O)N[C@H](C(=O)O)c1ccc(O[Si](C)(C)C(C)(C)C)c(Cl)c1. The maximum atomic E-state index is 11.9. The zero-order valence-electron chi connectivity index (χ0n) is 17.3. The molecule has 27 heavy (non-hydrogen) atoms. The van der Waals surface area contributed by atoms with Crippen LogP contribution in [0.1, 0.15) is 53.1 Å². The smallest absolute Gasteiger partial charge is 0.408 e. The largest absolute Gasteiger partial charge is 0.543 e. The molecule has 0 radical (unpaired) electrons. The standard InChI is InChI=1S/C19H30ClNO5Si/c1-18(2,3)25-17(24)21-15(16(22)23)12-9-10-14(13(20)11-12)26-27(7,8)19(4,5)6/h9-11,15H,1-8H3,(H,21,24)(H,22,23)/t15-/m0/s1. The second-order valence-corrected chi connectivity index (χ2v) is 14.1. The van der Waals surface area contributed by atoms with Gasteiger partial charge in [0, 0.05) is 0 Å². The molecule has 6 nitrogen and oxygen atoms in total. The Morgan fingerprint density at radius 2 is 1.70 bits per heavy atom. The Balaban J connectivity index is 3.07. The Hall–Kier alpha value is -1.73. The highest BCUT2D eigenvalue weighted by atomic mass is 35.5. The molecule has 8 heteroatoms. The number of carboxylic acid groups (broad SMARTS) is 1. The van der Waals surface area contributed by atoms with Gasteiger partial charge in [0.2, 0.25) is 0 Å². The normalized spacial score (nSPS) is 13.7. The molecule has 0 aromatic heterocycles. The van der Waals surface area contributed by atoms with Gasteiger partial charge in [-0.25, -0.2) is 9.59 Å². The Bertz CT molecular complexity index is 707. The molecular weight excluding hydrogens is 386 g/mol. The van der Waals surface area contributed by atoms with Crippen molar-refractivity contribution in [3.8, 4) is 5.75 Å². The molecule has 0 heterocycles. The van der Waals surface area contributed by atoms with Crippen LogP contribution in [0.15, 0.2) is 18.2 Å². The summed E-state index contributed by atoms with van der Waals surface area (Å²) in [5.41, 5.74) is -0.396. The molecule has 1 amide bonds. The molecule has 1 rings (SSSR count). The predicted octanol–water partition coefficient (Wildman–Crippen LogP) is 5.37. The number of carbonyl (C=O) groups excluding carboxylic acids is 1.